The zero-order valence-corrected chi connectivity index (χ0v) is 15.5. The summed E-state index contributed by atoms with van der Waals surface area (Å²) in [7, 11) is -3.61. The van der Waals surface area contributed by atoms with Crippen LogP contribution in [0.2, 0.25) is 0 Å². The third-order valence-electron chi connectivity index (χ3n) is 4.12. The number of nitrogens with one attached hydrogen (secondary N) is 1. The van der Waals surface area contributed by atoms with Crippen LogP contribution in [-0.2, 0) is 16.6 Å². The SMILES string of the molecule is O=S(=O)(NCCn1c(-c2cccs2)cc2ccccc21)c1ccccn1. The molecule has 0 atom stereocenters. The molecule has 7 heteroatoms. The third kappa shape index (κ3) is 3.29. The van der Waals surface area contributed by atoms with Crippen LogP contribution in [0.1, 0.15) is 0 Å². The highest BCUT2D eigenvalue weighted by Gasteiger charge is 2.16. The average molecular weight is 383 g/mol. The molecular formula is C19H17N3O2S2. The van der Waals surface area contributed by atoms with Gasteiger partial charge in [-0.25, -0.2) is 18.1 Å². The molecule has 0 radical (unpaired) electrons. The van der Waals surface area contributed by atoms with E-state index in [1.165, 1.54) is 12.3 Å². The lowest BCUT2D eigenvalue weighted by molar-refractivity contribution is 0.571. The summed E-state index contributed by atoms with van der Waals surface area (Å²) in [6.45, 7) is 0.822. The predicted molar refractivity (Wildman–Crippen MR) is 105 cm³/mol. The molecular weight excluding hydrogens is 366 g/mol. The molecule has 132 valence electrons. The maximum Gasteiger partial charge on any atom is 0.258 e. The number of fused-ring (bicyclic) bond motifs is 1. The van der Waals surface area contributed by atoms with Crippen LogP contribution in [-0.4, -0.2) is 24.5 Å². The molecule has 0 bridgehead atoms. The van der Waals surface area contributed by atoms with E-state index in [0.717, 1.165) is 21.5 Å². The van der Waals surface area contributed by atoms with Gasteiger partial charge in [0.05, 0.1) is 10.6 Å². The third-order valence-corrected chi connectivity index (χ3v) is 6.39. The predicted octanol–water partition coefficient (Wildman–Crippen LogP) is 3.74. The van der Waals surface area contributed by atoms with Crippen LogP contribution in [0.3, 0.4) is 0 Å². The Labute approximate surface area is 156 Å². The molecule has 0 aliphatic heterocycles. The Hall–Kier alpha value is -2.48. The van der Waals surface area contributed by atoms with Crippen molar-refractivity contribution < 1.29 is 8.42 Å². The van der Waals surface area contributed by atoms with Gasteiger partial charge in [0.2, 0.25) is 0 Å². The van der Waals surface area contributed by atoms with Gasteiger partial charge >= 0.3 is 0 Å². The van der Waals surface area contributed by atoms with Gasteiger partial charge in [0.15, 0.2) is 5.03 Å². The van der Waals surface area contributed by atoms with Crippen molar-refractivity contribution in [2.45, 2.75) is 11.6 Å². The molecule has 0 aliphatic rings. The number of sulfonamides is 1. The zero-order valence-electron chi connectivity index (χ0n) is 13.9. The Morgan fingerprint density at radius 2 is 1.88 bits per heavy atom. The summed E-state index contributed by atoms with van der Waals surface area (Å²) in [5.41, 5.74) is 2.19. The first-order chi connectivity index (χ1) is 12.6. The number of thiophene rings is 1. The van der Waals surface area contributed by atoms with Crippen molar-refractivity contribution in [1.29, 1.82) is 0 Å². The van der Waals surface area contributed by atoms with E-state index < -0.39 is 10.0 Å². The monoisotopic (exact) mass is 383 g/mol. The lowest BCUT2D eigenvalue weighted by Gasteiger charge is -2.11. The summed E-state index contributed by atoms with van der Waals surface area (Å²) < 4.78 is 29.5. The highest BCUT2D eigenvalue weighted by molar-refractivity contribution is 7.89. The number of pyridine rings is 1. The summed E-state index contributed by atoms with van der Waals surface area (Å²) in [6.07, 6.45) is 1.48. The summed E-state index contributed by atoms with van der Waals surface area (Å²) >= 11 is 1.67. The van der Waals surface area contributed by atoms with Crippen LogP contribution in [0.4, 0.5) is 0 Å². The van der Waals surface area contributed by atoms with Crippen LogP contribution in [0, 0.1) is 0 Å². The van der Waals surface area contributed by atoms with E-state index >= 15 is 0 Å². The molecule has 1 N–H and O–H groups in total. The number of para-hydroxylation sites is 1. The van der Waals surface area contributed by atoms with Crippen molar-refractivity contribution in [3.8, 4) is 10.6 Å². The lowest BCUT2D eigenvalue weighted by atomic mass is 10.2. The molecule has 3 heterocycles. The molecule has 0 saturated heterocycles. The number of hydrogen-bond donors (Lipinski definition) is 1. The molecule has 0 unspecified atom stereocenters. The molecule has 0 fully saturated rings. The van der Waals surface area contributed by atoms with Gasteiger partial charge in [-0.05, 0) is 35.7 Å². The Morgan fingerprint density at radius 1 is 1.04 bits per heavy atom. The second-order valence-corrected chi connectivity index (χ2v) is 8.44. The zero-order chi connectivity index (χ0) is 18.0. The molecule has 1 aromatic carbocycles. The van der Waals surface area contributed by atoms with Crippen LogP contribution in [0.25, 0.3) is 21.5 Å². The number of aromatic nitrogens is 2. The topological polar surface area (TPSA) is 64.0 Å². The van der Waals surface area contributed by atoms with Gasteiger partial charge < -0.3 is 4.57 Å². The highest BCUT2D eigenvalue weighted by atomic mass is 32.2. The fraction of sp³-hybridized carbons (Fsp3) is 0.105. The van der Waals surface area contributed by atoms with Crippen LogP contribution < -0.4 is 4.72 Å². The van der Waals surface area contributed by atoms with Gasteiger partial charge in [-0.1, -0.05) is 30.3 Å². The highest BCUT2D eigenvalue weighted by Crippen LogP contribution is 2.31. The number of hydrogen-bond acceptors (Lipinski definition) is 4. The van der Waals surface area contributed by atoms with E-state index in [1.807, 2.05) is 23.6 Å². The molecule has 0 amide bonds. The van der Waals surface area contributed by atoms with Crippen molar-refractivity contribution in [2.24, 2.45) is 0 Å². The van der Waals surface area contributed by atoms with Gasteiger partial charge in [0.25, 0.3) is 10.0 Å². The second-order valence-electron chi connectivity index (χ2n) is 5.78. The van der Waals surface area contributed by atoms with E-state index in [-0.39, 0.29) is 11.6 Å². The normalized spacial score (nSPS) is 11.8. The summed E-state index contributed by atoms with van der Waals surface area (Å²) in [5.74, 6) is 0. The first kappa shape index (κ1) is 17.0. The van der Waals surface area contributed by atoms with Crippen molar-refractivity contribution in [2.75, 3.05) is 6.54 Å². The molecule has 26 heavy (non-hydrogen) atoms. The maximum atomic E-state index is 12.4. The summed E-state index contributed by atoms with van der Waals surface area (Å²) in [4.78, 5) is 5.08. The number of rotatable bonds is 6. The van der Waals surface area contributed by atoms with E-state index in [9.17, 15) is 8.42 Å². The molecule has 0 saturated carbocycles. The first-order valence-corrected chi connectivity index (χ1v) is 10.5. The minimum Gasteiger partial charge on any atom is -0.338 e. The molecule has 4 aromatic rings. The van der Waals surface area contributed by atoms with E-state index in [0.29, 0.717) is 6.54 Å². The largest absolute Gasteiger partial charge is 0.338 e. The van der Waals surface area contributed by atoms with Crippen LogP contribution in [0.5, 0.6) is 0 Å². The summed E-state index contributed by atoms with van der Waals surface area (Å²) in [6, 6.07) is 19.2. The fourth-order valence-electron chi connectivity index (χ4n) is 2.95. The van der Waals surface area contributed by atoms with Crippen molar-refractivity contribution in [1.82, 2.24) is 14.3 Å². The minimum absolute atomic E-state index is 0.0378. The van der Waals surface area contributed by atoms with Crippen molar-refractivity contribution in [3.05, 3.63) is 72.2 Å². The molecule has 5 nitrogen and oxygen atoms in total. The number of nitrogens with zero attached hydrogens (tertiary/aromatic N) is 2. The van der Waals surface area contributed by atoms with Crippen LogP contribution in [0.15, 0.2) is 77.3 Å². The van der Waals surface area contributed by atoms with Gasteiger partial charge in [0, 0.05) is 30.2 Å². The Kier molecular flexibility index (Phi) is 4.58. The lowest BCUT2D eigenvalue weighted by Crippen LogP contribution is -2.28. The Bertz CT molecular complexity index is 1120. The van der Waals surface area contributed by atoms with Crippen molar-refractivity contribution in [3.63, 3.8) is 0 Å². The van der Waals surface area contributed by atoms with Gasteiger partial charge in [-0.2, -0.15) is 0 Å². The maximum absolute atomic E-state index is 12.4. The van der Waals surface area contributed by atoms with E-state index in [1.54, 1.807) is 23.5 Å². The van der Waals surface area contributed by atoms with Gasteiger partial charge in [0.1, 0.15) is 0 Å². The van der Waals surface area contributed by atoms with Gasteiger partial charge in [-0.15, -0.1) is 11.3 Å². The average Bonchev–Trinajstić information content (AvgIpc) is 3.30. The fourth-order valence-corrected chi connectivity index (χ4v) is 4.67. The molecule has 3 aromatic heterocycles. The number of benzene rings is 1. The minimum atomic E-state index is -3.61. The second kappa shape index (κ2) is 7.03. The van der Waals surface area contributed by atoms with E-state index in [4.69, 9.17) is 0 Å². The smallest absolute Gasteiger partial charge is 0.258 e. The Balaban J connectivity index is 1.60. The summed E-state index contributed by atoms with van der Waals surface area (Å²) in [5, 5.41) is 3.22. The molecule has 0 spiro atoms. The molecule has 4 rings (SSSR count). The van der Waals surface area contributed by atoms with Crippen LogP contribution >= 0.6 is 11.3 Å². The Morgan fingerprint density at radius 3 is 2.65 bits per heavy atom. The molecule has 0 aliphatic carbocycles. The standard InChI is InChI=1S/C19H17N3O2S2/c23-26(24,19-9-3-4-10-20-19)21-11-12-22-16-7-2-1-6-15(16)14-17(22)18-8-5-13-25-18/h1-10,13-14,21H,11-12H2. The first-order valence-electron chi connectivity index (χ1n) is 8.18. The quantitative estimate of drug-likeness (QED) is 0.552. The van der Waals surface area contributed by atoms with Crippen molar-refractivity contribution >= 4 is 32.3 Å². The van der Waals surface area contributed by atoms with Gasteiger partial charge in [-0.3, -0.25) is 0 Å². The van der Waals surface area contributed by atoms with E-state index in [2.05, 4.69) is 38.5 Å².